The monoisotopic (exact) mass is 416 g/mol. The zero-order valence-electron chi connectivity index (χ0n) is 17.4. The first kappa shape index (κ1) is 19.3. The molecule has 0 spiro atoms. The first-order chi connectivity index (χ1) is 15.2. The second-order valence-corrected chi connectivity index (χ2v) is 7.72. The van der Waals surface area contributed by atoms with Crippen LogP contribution in [-0.2, 0) is 17.8 Å². The minimum absolute atomic E-state index is 0.283. The van der Waals surface area contributed by atoms with Crippen molar-refractivity contribution in [2.75, 3.05) is 26.2 Å². The average molecular weight is 416 g/mol. The number of rotatable bonds is 2. The molecule has 0 atom stereocenters. The highest BCUT2D eigenvalue weighted by Crippen LogP contribution is 2.26. The molecule has 0 saturated carbocycles. The Kier molecular flexibility index (Phi) is 5.11. The third-order valence-electron chi connectivity index (χ3n) is 5.56. The number of hydrogen-bond acceptors (Lipinski definition) is 6. The lowest BCUT2D eigenvalue weighted by Crippen LogP contribution is -2.52. The van der Waals surface area contributed by atoms with Crippen molar-refractivity contribution in [3.63, 3.8) is 0 Å². The SMILES string of the molecule is Cc1nc2n(n1)C(N1CCN(C(=O)OCc3ccccc3)CC1)=Nc1ccccc1C2. The summed E-state index contributed by atoms with van der Waals surface area (Å²) in [6.07, 6.45) is 0.407. The van der Waals surface area contributed by atoms with Crippen molar-refractivity contribution in [3.8, 4) is 0 Å². The molecule has 0 unspecified atom stereocenters. The third-order valence-corrected chi connectivity index (χ3v) is 5.56. The van der Waals surface area contributed by atoms with E-state index >= 15 is 0 Å². The summed E-state index contributed by atoms with van der Waals surface area (Å²) in [4.78, 5) is 26.0. The van der Waals surface area contributed by atoms with Crippen LogP contribution in [0.25, 0.3) is 0 Å². The molecule has 8 nitrogen and oxygen atoms in total. The highest BCUT2D eigenvalue weighted by Gasteiger charge is 2.28. The third kappa shape index (κ3) is 4.01. The molecule has 1 amide bonds. The van der Waals surface area contributed by atoms with Crippen LogP contribution in [-0.4, -0.2) is 62.8 Å². The fraction of sp³-hybridized carbons (Fsp3) is 0.304. The molecule has 1 fully saturated rings. The van der Waals surface area contributed by atoms with E-state index in [2.05, 4.69) is 21.0 Å². The number of para-hydroxylation sites is 1. The van der Waals surface area contributed by atoms with Crippen molar-refractivity contribution in [1.29, 1.82) is 0 Å². The number of fused-ring (bicyclic) bond motifs is 2. The summed E-state index contributed by atoms with van der Waals surface area (Å²) >= 11 is 0. The molecule has 3 heterocycles. The number of piperazine rings is 1. The van der Waals surface area contributed by atoms with Crippen LogP contribution in [0.15, 0.2) is 59.6 Å². The van der Waals surface area contributed by atoms with Gasteiger partial charge in [-0.1, -0.05) is 48.5 Å². The number of benzene rings is 2. The average Bonchev–Trinajstić information content (AvgIpc) is 3.09. The molecule has 1 aromatic heterocycles. The standard InChI is InChI=1S/C23H24N6O2/c1-17-24-21-15-19-9-5-6-10-20(19)25-22(29(21)26-17)27-11-13-28(14-12-27)23(30)31-16-18-7-3-2-4-8-18/h2-10H,11-16H2,1H3. The van der Waals surface area contributed by atoms with E-state index in [-0.39, 0.29) is 12.7 Å². The molecule has 158 valence electrons. The van der Waals surface area contributed by atoms with Gasteiger partial charge in [-0.3, -0.25) is 0 Å². The highest BCUT2D eigenvalue weighted by molar-refractivity contribution is 5.86. The van der Waals surface area contributed by atoms with Crippen LogP contribution < -0.4 is 0 Å². The fourth-order valence-corrected chi connectivity index (χ4v) is 3.93. The smallest absolute Gasteiger partial charge is 0.410 e. The van der Waals surface area contributed by atoms with Crippen LogP contribution >= 0.6 is 0 Å². The number of aryl methyl sites for hydroxylation is 1. The molecular formula is C23H24N6O2. The van der Waals surface area contributed by atoms with Crippen LogP contribution in [0, 0.1) is 6.92 Å². The van der Waals surface area contributed by atoms with Gasteiger partial charge >= 0.3 is 6.09 Å². The first-order valence-corrected chi connectivity index (χ1v) is 10.5. The Morgan fingerprint density at radius 2 is 1.74 bits per heavy atom. The van der Waals surface area contributed by atoms with Crippen molar-refractivity contribution in [1.82, 2.24) is 24.6 Å². The maximum Gasteiger partial charge on any atom is 0.410 e. The normalized spacial score (nSPS) is 15.6. The van der Waals surface area contributed by atoms with Gasteiger partial charge in [0.15, 0.2) is 0 Å². The van der Waals surface area contributed by atoms with E-state index in [4.69, 9.17) is 9.73 Å². The van der Waals surface area contributed by atoms with Gasteiger partial charge in [0.25, 0.3) is 0 Å². The summed E-state index contributed by atoms with van der Waals surface area (Å²) in [6, 6.07) is 17.8. The van der Waals surface area contributed by atoms with Gasteiger partial charge in [-0.25, -0.2) is 14.8 Å². The zero-order chi connectivity index (χ0) is 21.2. The first-order valence-electron chi connectivity index (χ1n) is 10.5. The van der Waals surface area contributed by atoms with Gasteiger partial charge in [0.05, 0.1) is 5.69 Å². The maximum atomic E-state index is 12.5. The quantitative estimate of drug-likeness (QED) is 0.642. The van der Waals surface area contributed by atoms with E-state index in [1.807, 2.05) is 60.1 Å². The summed E-state index contributed by atoms with van der Waals surface area (Å²) in [7, 11) is 0. The number of nitrogens with zero attached hydrogens (tertiary/aromatic N) is 6. The number of ether oxygens (including phenoxy) is 1. The van der Waals surface area contributed by atoms with Gasteiger partial charge in [-0.2, -0.15) is 4.68 Å². The van der Waals surface area contributed by atoms with Gasteiger partial charge in [0, 0.05) is 32.6 Å². The van der Waals surface area contributed by atoms with E-state index in [9.17, 15) is 4.79 Å². The Balaban J connectivity index is 1.29. The highest BCUT2D eigenvalue weighted by atomic mass is 16.6. The van der Waals surface area contributed by atoms with Crippen LogP contribution in [0.1, 0.15) is 22.8 Å². The molecule has 2 aromatic carbocycles. The number of aromatic nitrogens is 3. The Hall–Kier alpha value is -3.68. The fourth-order valence-electron chi connectivity index (χ4n) is 3.93. The van der Waals surface area contributed by atoms with Gasteiger partial charge in [-0.15, -0.1) is 5.10 Å². The Bertz CT molecular complexity index is 1120. The van der Waals surface area contributed by atoms with E-state index in [1.165, 1.54) is 0 Å². The minimum atomic E-state index is -0.283. The number of carbonyl (C=O) groups excluding carboxylic acids is 1. The second kappa shape index (κ2) is 8.22. The van der Waals surface area contributed by atoms with E-state index in [1.54, 1.807) is 4.90 Å². The lowest BCUT2D eigenvalue weighted by Gasteiger charge is -2.35. The largest absolute Gasteiger partial charge is 0.445 e. The molecule has 0 radical (unpaired) electrons. The summed E-state index contributed by atoms with van der Waals surface area (Å²) < 4.78 is 7.33. The van der Waals surface area contributed by atoms with Gasteiger partial charge in [-0.05, 0) is 24.1 Å². The van der Waals surface area contributed by atoms with Crippen LogP contribution in [0.3, 0.4) is 0 Å². The van der Waals surface area contributed by atoms with Crippen LogP contribution in [0.2, 0.25) is 0 Å². The van der Waals surface area contributed by atoms with Crippen LogP contribution in [0.4, 0.5) is 10.5 Å². The molecule has 2 aliphatic rings. The number of aliphatic imine (C=N–C) groups is 1. The topological polar surface area (TPSA) is 75.9 Å². The van der Waals surface area contributed by atoms with Crippen molar-refractivity contribution in [2.45, 2.75) is 20.0 Å². The van der Waals surface area contributed by atoms with Crippen LogP contribution in [0.5, 0.6) is 0 Å². The molecular weight excluding hydrogens is 392 g/mol. The van der Waals surface area contributed by atoms with Gasteiger partial charge < -0.3 is 14.5 Å². The Morgan fingerprint density at radius 1 is 1.00 bits per heavy atom. The van der Waals surface area contributed by atoms with Crippen molar-refractivity contribution in [2.24, 2.45) is 4.99 Å². The molecule has 8 heteroatoms. The summed E-state index contributed by atoms with van der Waals surface area (Å²) in [5.41, 5.74) is 3.05. The molecule has 31 heavy (non-hydrogen) atoms. The van der Waals surface area contributed by atoms with Gasteiger partial charge in [0.1, 0.15) is 18.3 Å². The molecule has 0 aliphatic carbocycles. The Labute approximate surface area is 180 Å². The number of amides is 1. The summed E-state index contributed by atoms with van der Waals surface area (Å²) in [5, 5.41) is 4.60. The molecule has 0 N–H and O–H groups in total. The number of carbonyl (C=O) groups is 1. The van der Waals surface area contributed by atoms with Crippen molar-refractivity contribution < 1.29 is 9.53 Å². The minimum Gasteiger partial charge on any atom is -0.445 e. The van der Waals surface area contributed by atoms with E-state index in [0.29, 0.717) is 32.6 Å². The lowest BCUT2D eigenvalue weighted by atomic mass is 10.1. The maximum absolute atomic E-state index is 12.5. The molecule has 1 saturated heterocycles. The van der Waals surface area contributed by atoms with E-state index < -0.39 is 0 Å². The predicted octanol–water partition coefficient (Wildman–Crippen LogP) is 2.98. The molecule has 0 bridgehead atoms. The lowest BCUT2D eigenvalue weighted by molar-refractivity contribution is 0.0820. The molecule has 2 aliphatic heterocycles. The summed E-state index contributed by atoms with van der Waals surface area (Å²) in [6.45, 7) is 4.62. The number of hydrogen-bond donors (Lipinski definition) is 0. The second-order valence-electron chi connectivity index (χ2n) is 7.72. The van der Waals surface area contributed by atoms with Crippen molar-refractivity contribution >= 4 is 17.7 Å². The zero-order valence-corrected chi connectivity index (χ0v) is 17.4. The van der Waals surface area contributed by atoms with Crippen molar-refractivity contribution in [3.05, 3.63) is 77.4 Å². The van der Waals surface area contributed by atoms with E-state index in [0.717, 1.165) is 34.4 Å². The Morgan fingerprint density at radius 3 is 2.55 bits per heavy atom. The van der Waals surface area contributed by atoms with Gasteiger partial charge in [0.2, 0.25) is 5.96 Å². The molecule has 3 aromatic rings. The molecule has 5 rings (SSSR count). The predicted molar refractivity (Wildman–Crippen MR) is 116 cm³/mol. The summed E-state index contributed by atoms with van der Waals surface area (Å²) in [5.74, 6) is 2.37.